The molecule has 4 saturated carbocycles. The van der Waals surface area contributed by atoms with Crippen molar-refractivity contribution in [2.75, 3.05) is 0 Å². The molecule has 0 aromatic heterocycles. The Balaban J connectivity index is 1.56. The van der Waals surface area contributed by atoms with Gasteiger partial charge in [0, 0.05) is 12.3 Å². The number of hydrogen-bond donors (Lipinski definition) is 4. The Morgan fingerprint density at radius 1 is 1.00 bits per heavy atom. The van der Waals surface area contributed by atoms with Crippen molar-refractivity contribution in [1.29, 1.82) is 0 Å². The van der Waals surface area contributed by atoms with Crippen LogP contribution in [0.25, 0.3) is 0 Å². The average Bonchev–Trinajstić information content (AvgIpc) is 3.12. The summed E-state index contributed by atoms with van der Waals surface area (Å²) in [5.41, 5.74) is 0.709. The highest BCUT2D eigenvalue weighted by Crippen LogP contribution is 2.67. The van der Waals surface area contributed by atoms with Crippen LogP contribution >= 0.6 is 0 Å². The van der Waals surface area contributed by atoms with Gasteiger partial charge in [-0.25, -0.2) is 0 Å². The predicted octanol–water partition coefficient (Wildman–Crippen LogP) is 4.12. The normalized spacial score (nSPS) is 47.6. The first kappa shape index (κ1) is 26.3. The monoisotopic (exact) mass is 476 g/mol. The van der Waals surface area contributed by atoms with Gasteiger partial charge in [-0.2, -0.15) is 0 Å². The maximum Gasteiger partial charge on any atom is 0.136 e. The van der Waals surface area contributed by atoms with E-state index >= 15 is 0 Å². The van der Waals surface area contributed by atoms with Crippen molar-refractivity contribution < 1.29 is 25.2 Å². The van der Waals surface area contributed by atoms with E-state index in [1.54, 1.807) is 0 Å². The van der Waals surface area contributed by atoms with Gasteiger partial charge >= 0.3 is 0 Å². The lowest BCUT2D eigenvalue weighted by Gasteiger charge is -2.61. The van der Waals surface area contributed by atoms with Gasteiger partial charge in [0.15, 0.2) is 0 Å². The number of Topliss-reactive ketones (excluding diaryl/α,β-unsaturated/α-hetero) is 1. The van der Waals surface area contributed by atoms with Crippen molar-refractivity contribution in [2.45, 2.75) is 111 Å². The minimum Gasteiger partial charge on any atom is -0.390 e. The summed E-state index contributed by atoms with van der Waals surface area (Å²) in [4.78, 5) is 13.3. The largest absolute Gasteiger partial charge is 0.390 e. The summed E-state index contributed by atoms with van der Waals surface area (Å²) >= 11 is 0. The molecule has 0 saturated heterocycles. The molecule has 0 bridgehead atoms. The Hall–Kier alpha value is -0.750. The third kappa shape index (κ3) is 3.93. The van der Waals surface area contributed by atoms with E-state index in [0.29, 0.717) is 42.9 Å². The van der Waals surface area contributed by atoms with Crippen molar-refractivity contribution in [3.8, 4) is 0 Å². The molecular formula is C29H48O5. The number of aliphatic hydroxyl groups is 4. The average molecular weight is 477 g/mol. The third-order valence-electron chi connectivity index (χ3n) is 11.4. The SMILES string of the molecule is CC=C(C(C)C)C(O)C(O)C(C)C1CCC2C3CC(=O)C4CC(O)C(O)CC4(C)C3CCC12C. The molecule has 0 radical (unpaired) electrons. The fourth-order valence-corrected chi connectivity index (χ4v) is 9.54. The molecule has 194 valence electrons. The van der Waals surface area contributed by atoms with Crippen LogP contribution in [0.15, 0.2) is 11.6 Å². The van der Waals surface area contributed by atoms with E-state index in [9.17, 15) is 25.2 Å². The zero-order valence-corrected chi connectivity index (χ0v) is 22.1. The number of allylic oxidation sites excluding steroid dienone is 1. The molecule has 0 heterocycles. The van der Waals surface area contributed by atoms with Gasteiger partial charge in [0.1, 0.15) is 11.9 Å². The molecule has 4 aliphatic rings. The molecular weight excluding hydrogens is 428 g/mol. The van der Waals surface area contributed by atoms with E-state index in [0.717, 1.165) is 31.3 Å². The lowest BCUT2D eigenvalue weighted by molar-refractivity contribution is -0.174. The predicted molar refractivity (Wildman–Crippen MR) is 133 cm³/mol. The zero-order valence-electron chi connectivity index (χ0n) is 22.1. The smallest absolute Gasteiger partial charge is 0.136 e. The van der Waals surface area contributed by atoms with Crippen LogP contribution in [0.4, 0.5) is 0 Å². The summed E-state index contributed by atoms with van der Waals surface area (Å²) in [6.45, 7) is 12.7. The summed E-state index contributed by atoms with van der Waals surface area (Å²) in [6.07, 6.45) is 4.47. The second kappa shape index (κ2) is 9.28. The van der Waals surface area contributed by atoms with Gasteiger partial charge < -0.3 is 20.4 Å². The van der Waals surface area contributed by atoms with Crippen molar-refractivity contribution in [3.63, 3.8) is 0 Å². The quantitative estimate of drug-likeness (QED) is 0.448. The Kier molecular flexibility index (Phi) is 7.18. The van der Waals surface area contributed by atoms with E-state index in [4.69, 9.17) is 0 Å². The minimum atomic E-state index is -0.843. The van der Waals surface area contributed by atoms with Gasteiger partial charge in [-0.1, -0.05) is 40.7 Å². The second-order valence-electron chi connectivity index (χ2n) is 13.1. The molecule has 0 amide bonds. The summed E-state index contributed by atoms with van der Waals surface area (Å²) in [5.74, 6) is 1.76. The van der Waals surface area contributed by atoms with E-state index in [2.05, 4.69) is 34.6 Å². The fraction of sp³-hybridized carbons (Fsp3) is 0.897. The third-order valence-corrected chi connectivity index (χ3v) is 11.4. The molecule has 12 unspecified atom stereocenters. The molecule has 0 spiro atoms. The molecule has 5 heteroatoms. The number of rotatable bonds is 5. The lowest BCUT2D eigenvalue weighted by Crippen LogP contribution is -2.59. The zero-order chi connectivity index (χ0) is 25.2. The lowest BCUT2D eigenvalue weighted by atomic mass is 9.44. The van der Waals surface area contributed by atoms with Crippen LogP contribution in [-0.4, -0.2) is 50.6 Å². The highest BCUT2D eigenvalue weighted by molar-refractivity contribution is 5.83. The minimum absolute atomic E-state index is 0.0236. The van der Waals surface area contributed by atoms with Crippen molar-refractivity contribution in [2.24, 2.45) is 52.3 Å². The van der Waals surface area contributed by atoms with Gasteiger partial charge in [0.05, 0.1) is 18.3 Å². The van der Waals surface area contributed by atoms with Crippen LogP contribution in [0.1, 0.15) is 86.5 Å². The van der Waals surface area contributed by atoms with Crippen LogP contribution in [0.2, 0.25) is 0 Å². The molecule has 0 aliphatic heterocycles. The van der Waals surface area contributed by atoms with Gasteiger partial charge in [0.25, 0.3) is 0 Å². The number of aliphatic hydroxyl groups excluding tert-OH is 4. The standard InChI is InChI=1S/C29H48O5/c1-7-17(15(2)3)27(34)26(33)16(4)19-8-9-20-18-12-23(30)22-13-24(31)25(32)14-29(22,6)21(18)10-11-28(19,20)5/h7,15-16,18-22,24-27,31-34H,8-14H2,1-6H3. The molecule has 4 aliphatic carbocycles. The Labute approximate surface area is 206 Å². The molecule has 34 heavy (non-hydrogen) atoms. The fourth-order valence-electron chi connectivity index (χ4n) is 9.54. The van der Waals surface area contributed by atoms with Crippen LogP contribution < -0.4 is 0 Å². The number of ketones is 1. The first-order chi connectivity index (χ1) is 15.9. The van der Waals surface area contributed by atoms with Gasteiger partial charge in [-0.05, 0) is 97.4 Å². The van der Waals surface area contributed by atoms with Crippen molar-refractivity contribution in [1.82, 2.24) is 0 Å². The first-order valence-corrected chi connectivity index (χ1v) is 13.8. The maximum absolute atomic E-state index is 13.3. The highest BCUT2D eigenvalue weighted by Gasteiger charge is 2.63. The number of carbonyl (C=O) groups is 1. The molecule has 4 fully saturated rings. The topological polar surface area (TPSA) is 98.0 Å². The Morgan fingerprint density at radius 3 is 2.26 bits per heavy atom. The Morgan fingerprint density at radius 2 is 1.65 bits per heavy atom. The second-order valence-corrected chi connectivity index (χ2v) is 13.1. The van der Waals surface area contributed by atoms with E-state index in [-0.39, 0.29) is 34.4 Å². The summed E-state index contributed by atoms with van der Waals surface area (Å²) < 4.78 is 0. The molecule has 0 aromatic carbocycles. The molecule has 4 N–H and O–H groups in total. The van der Waals surface area contributed by atoms with E-state index < -0.39 is 24.4 Å². The summed E-state index contributed by atoms with van der Waals surface area (Å²) in [7, 11) is 0. The Bertz CT molecular complexity index is 806. The van der Waals surface area contributed by atoms with E-state index in [1.807, 2.05) is 13.0 Å². The number of hydrogen-bond acceptors (Lipinski definition) is 5. The van der Waals surface area contributed by atoms with Crippen molar-refractivity contribution >= 4 is 5.78 Å². The first-order valence-electron chi connectivity index (χ1n) is 13.8. The molecule has 5 nitrogen and oxygen atoms in total. The van der Waals surface area contributed by atoms with Crippen LogP contribution in [0.3, 0.4) is 0 Å². The molecule has 0 aromatic rings. The maximum atomic E-state index is 13.3. The van der Waals surface area contributed by atoms with Gasteiger partial charge in [0.2, 0.25) is 0 Å². The number of fused-ring (bicyclic) bond motifs is 5. The molecule has 12 atom stereocenters. The van der Waals surface area contributed by atoms with Gasteiger partial charge in [-0.15, -0.1) is 0 Å². The summed E-state index contributed by atoms with van der Waals surface area (Å²) in [5, 5.41) is 43.0. The van der Waals surface area contributed by atoms with E-state index in [1.165, 1.54) is 0 Å². The highest BCUT2D eigenvalue weighted by atomic mass is 16.3. The molecule has 4 rings (SSSR count). The van der Waals surface area contributed by atoms with Crippen LogP contribution in [0.5, 0.6) is 0 Å². The summed E-state index contributed by atoms with van der Waals surface area (Å²) in [6, 6.07) is 0. The van der Waals surface area contributed by atoms with Crippen LogP contribution in [-0.2, 0) is 4.79 Å². The van der Waals surface area contributed by atoms with Crippen molar-refractivity contribution in [3.05, 3.63) is 11.6 Å². The van der Waals surface area contributed by atoms with Crippen LogP contribution in [0, 0.1) is 52.3 Å². The number of carbonyl (C=O) groups excluding carboxylic acids is 1. The van der Waals surface area contributed by atoms with Gasteiger partial charge in [-0.3, -0.25) is 4.79 Å².